The highest BCUT2D eigenvalue weighted by Crippen LogP contribution is 2.28. The van der Waals surface area contributed by atoms with Crippen molar-refractivity contribution in [1.29, 1.82) is 0 Å². The smallest absolute Gasteiger partial charge is 0.255 e. The molecule has 0 atom stereocenters. The molecule has 0 saturated carbocycles. The molecule has 0 radical (unpaired) electrons. The molecule has 0 spiro atoms. The van der Waals surface area contributed by atoms with Crippen molar-refractivity contribution < 1.29 is 14.6 Å². The summed E-state index contributed by atoms with van der Waals surface area (Å²) in [6.07, 6.45) is 0.889. The Bertz CT molecular complexity index is 681. The van der Waals surface area contributed by atoms with Crippen molar-refractivity contribution in [2.45, 2.75) is 6.42 Å². The molecule has 0 bridgehead atoms. The summed E-state index contributed by atoms with van der Waals surface area (Å²) < 4.78 is 5.31. The zero-order valence-corrected chi connectivity index (χ0v) is 13.1. The van der Waals surface area contributed by atoms with Crippen molar-refractivity contribution in [2.24, 2.45) is 0 Å². The first-order valence-electron chi connectivity index (χ1n) is 8.05. The Labute approximate surface area is 135 Å². The van der Waals surface area contributed by atoms with E-state index < -0.39 is 0 Å². The monoisotopic (exact) mass is 314 g/mol. The van der Waals surface area contributed by atoms with Crippen molar-refractivity contribution in [2.75, 3.05) is 39.4 Å². The van der Waals surface area contributed by atoms with Crippen molar-refractivity contribution in [3.63, 3.8) is 0 Å². The Balaban J connectivity index is 1.55. The first kappa shape index (κ1) is 15.8. The van der Waals surface area contributed by atoms with E-state index in [1.165, 1.54) is 0 Å². The van der Waals surface area contributed by atoms with Gasteiger partial charge in [0.15, 0.2) is 0 Å². The number of phenolic OH excluding ortho intramolecular Hbond substituents is 1. The third-order valence-corrected chi connectivity index (χ3v) is 4.19. The number of nitrogens with one attached hydrogen (secondary N) is 1. The Morgan fingerprint density at radius 2 is 1.96 bits per heavy atom. The summed E-state index contributed by atoms with van der Waals surface area (Å²) in [7, 11) is 0. The van der Waals surface area contributed by atoms with Crippen molar-refractivity contribution in [1.82, 2.24) is 10.2 Å². The lowest BCUT2D eigenvalue weighted by molar-refractivity contribution is 0.0374. The van der Waals surface area contributed by atoms with Gasteiger partial charge in [0.1, 0.15) is 5.75 Å². The average molecular weight is 314 g/mol. The highest BCUT2D eigenvalue weighted by molar-refractivity contribution is 6.03. The van der Waals surface area contributed by atoms with Crippen LogP contribution in [0, 0.1) is 0 Å². The summed E-state index contributed by atoms with van der Waals surface area (Å²) in [4.78, 5) is 14.6. The topological polar surface area (TPSA) is 61.8 Å². The number of phenols is 1. The number of hydrogen-bond acceptors (Lipinski definition) is 4. The molecule has 122 valence electrons. The molecule has 0 aliphatic carbocycles. The second kappa shape index (κ2) is 7.44. The SMILES string of the molecule is O=C(NCCCN1CCOCC1)c1ccc2ccccc2c1O. The molecular weight excluding hydrogens is 292 g/mol. The Kier molecular flexibility index (Phi) is 5.10. The summed E-state index contributed by atoms with van der Waals surface area (Å²) in [6.45, 7) is 5.04. The number of nitrogens with zero attached hydrogens (tertiary/aromatic N) is 1. The maximum atomic E-state index is 12.3. The van der Waals surface area contributed by atoms with Gasteiger partial charge in [0, 0.05) is 25.0 Å². The van der Waals surface area contributed by atoms with Gasteiger partial charge in [0.25, 0.3) is 5.91 Å². The van der Waals surface area contributed by atoms with E-state index in [9.17, 15) is 9.90 Å². The average Bonchev–Trinajstić information content (AvgIpc) is 2.60. The Morgan fingerprint density at radius 1 is 1.17 bits per heavy atom. The quantitative estimate of drug-likeness (QED) is 0.829. The predicted molar refractivity (Wildman–Crippen MR) is 89.8 cm³/mol. The fourth-order valence-corrected chi connectivity index (χ4v) is 2.86. The van der Waals surface area contributed by atoms with Gasteiger partial charge in [-0.1, -0.05) is 30.3 Å². The van der Waals surface area contributed by atoms with E-state index >= 15 is 0 Å². The molecule has 2 N–H and O–H groups in total. The van der Waals surface area contributed by atoms with Crippen LogP contribution in [-0.4, -0.2) is 55.3 Å². The maximum Gasteiger partial charge on any atom is 0.255 e. The van der Waals surface area contributed by atoms with Crippen LogP contribution < -0.4 is 5.32 Å². The number of hydrogen-bond donors (Lipinski definition) is 2. The van der Waals surface area contributed by atoms with Crippen LogP contribution in [0.2, 0.25) is 0 Å². The van der Waals surface area contributed by atoms with Crippen LogP contribution in [-0.2, 0) is 4.74 Å². The largest absolute Gasteiger partial charge is 0.506 e. The van der Waals surface area contributed by atoms with Crippen molar-refractivity contribution >= 4 is 16.7 Å². The first-order chi connectivity index (χ1) is 11.3. The van der Waals surface area contributed by atoms with Gasteiger partial charge in [0.2, 0.25) is 0 Å². The summed E-state index contributed by atoms with van der Waals surface area (Å²) in [5, 5.41) is 14.8. The predicted octanol–water partition coefficient (Wildman–Crippen LogP) is 2.00. The van der Waals surface area contributed by atoms with E-state index in [2.05, 4.69) is 10.2 Å². The number of carbonyl (C=O) groups is 1. The molecule has 1 fully saturated rings. The fourth-order valence-electron chi connectivity index (χ4n) is 2.86. The highest BCUT2D eigenvalue weighted by atomic mass is 16.5. The molecule has 1 aliphatic heterocycles. The second-order valence-electron chi connectivity index (χ2n) is 5.75. The standard InChI is InChI=1S/C18H22N2O3/c21-17-15-5-2-1-4-14(15)6-7-16(17)18(22)19-8-3-9-20-10-12-23-13-11-20/h1-2,4-7,21H,3,8-13H2,(H,19,22). The zero-order valence-electron chi connectivity index (χ0n) is 13.1. The molecule has 2 aromatic rings. The molecule has 0 unspecified atom stereocenters. The molecule has 5 heteroatoms. The van der Waals surface area contributed by atoms with Crippen molar-refractivity contribution in [3.05, 3.63) is 42.0 Å². The molecule has 1 heterocycles. The van der Waals surface area contributed by atoms with E-state index in [1.54, 1.807) is 6.07 Å². The van der Waals surface area contributed by atoms with Crippen LogP contribution >= 0.6 is 0 Å². The minimum absolute atomic E-state index is 0.0498. The maximum absolute atomic E-state index is 12.3. The van der Waals surface area contributed by atoms with Gasteiger partial charge in [-0.05, 0) is 24.4 Å². The summed E-state index contributed by atoms with van der Waals surface area (Å²) in [5.74, 6) is -0.177. The van der Waals surface area contributed by atoms with Crippen LogP contribution in [0.25, 0.3) is 10.8 Å². The summed E-state index contributed by atoms with van der Waals surface area (Å²) in [6, 6.07) is 11.0. The van der Waals surface area contributed by atoms with Gasteiger partial charge in [-0.2, -0.15) is 0 Å². The fraction of sp³-hybridized carbons (Fsp3) is 0.389. The molecule has 1 saturated heterocycles. The number of fused-ring (bicyclic) bond motifs is 1. The number of carbonyl (C=O) groups excluding carboxylic acids is 1. The molecule has 5 nitrogen and oxygen atoms in total. The van der Waals surface area contributed by atoms with E-state index in [4.69, 9.17) is 4.74 Å². The summed E-state index contributed by atoms with van der Waals surface area (Å²) in [5.41, 5.74) is 0.329. The molecule has 3 rings (SSSR count). The molecule has 1 amide bonds. The lowest BCUT2D eigenvalue weighted by atomic mass is 10.0. The van der Waals surface area contributed by atoms with Gasteiger partial charge in [-0.15, -0.1) is 0 Å². The van der Waals surface area contributed by atoms with Crippen molar-refractivity contribution in [3.8, 4) is 5.75 Å². The lowest BCUT2D eigenvalue weighted by Gasteiger charge is -2.26. The Hall–Kier alpha value is -2.11. The molecule has 23 heavy (non-hydrogen) atoms. The zero-order chi connectivity index (χ0) is 16.1. The van der Waals surface area contributed by atoms with Gasteiger partial charge < -0.3 is 15.2 Å². The third-order valence-electron chi connectivity index (χ3n) is 4.19. The van der Waals surface area contributed by atoms with Gasteiger partial charge in [0.05, 0.1) is 18.8 Å². The normalized spacial score (nSPS) is 15.7. The van der Waals surface area contributed by atoms with E-state index in [1.807, 2.05) is 30.3 Å². The molecule has 1 aliphatic rings. The number of ether oxygens (including phenoxy) is 1. The lowest BCUT2D eigenvalue weighted by Crippen LogP contribution is -2.38. The minimum atomic E-state index is -0.227. The number of morpholine rings is 1. The summed E-state index contributed by atoms with van der Waals surface area (Å²) >= 11 is 0. The van der Waals surface area contributed by atoms with Crippen LogP contribution in [0.15, 0.2) is 36.4 Å². The minimum Gasteiger partial charge on any atom is -0.506 e. The van der Waals surface area contributed by atoms with Crippen LogP contribution in [0.3, 0.4) is 0 Å². The van der Waals surface area contributed by atoms with E-state index in [0.29, 0.717) is 17.5 Å². The first-order valence-corrected chi connectivity index (χ1v) is 8.05. The molecular formula is C18H22N2O3. The number of amides is 1. The van der Waals surface area contributed by atoms with Crippen LogP contribution in [0.5, 0.6) is 5.75 Å². The van der Waals surface area contributed by atoms with E-state index in [0.717, 1.165) is 44.7 Å². The van der Waals surface area contributed by atoms with Crippen LogP contribution in [0.1, 0.15) is 16.8 Å². The Morgan fingerprint density at radius 3 is 2.78 bits per heavy atom. The third kappa shape index (κ3) is 3.81. The van der Waals surface area contributed by atoms with E-state index in [-0.39, 0.29) is 11.7 Å². The highest BCUT2D eigenvalue weighted by Gasteiger charge is 2.14. The molecule has 0 aromatic heterocycles. The number of benzene rings is 2. The second-order valence-corrected chi connectivity index (χ2v) is 5.75. The van der Waals surface area contributed by atoms with Gasteiger partial charge >= 0.3 is 0 Å². The number of aromatic hydroxyl groups is 1. The van der Waals surface area contributed by atoms with Gasteiger partial charge in [-0.25, -0.2) is 0 Å². The van der Waals surface area contributed by atoms with Gasteiger partial charge in [-0.3, -0.25) is 9.69 Å². The number of rotatable bonds is 5. The van der Waals surface area contributed by atoms with Crippen LogP contribution in [0.4, 0.5) is 0 Å². The molecule has 2 aromatic carbocycles.